The summed E-state index contributed by atoms with van der Waals surface area (Å²) < 4.78 is 0. The second-order valence-corrected chi connectivity index (χ2v) is 3.82. The number of carboxylic acids is 1. The van der Waals surface area contributed by atoms with Crippen LogP contribution in [0.15, 0.2) is 24.4 Å². The Bertz CT molecular complexity index is 392. The lowest BCUT2D eigenvalue weighted by atomic mass is 10.2. The highest BCUT2D eigenvalue weighted by molar-refractivity contribution is 5.85. The number of anilines is 1. The fourth-order valence-corrected chi connectivity index (χ4v) is 1.80. The van der Waals surface area contributed by atoms with Gasteiger partial charge in [0.1, 0.15) is 5.82 Å². The molecule has 1 aromatic rings. The second kappa shape index (κ2) is 4.79. The van der Waals surface area contributed by atoms with Crippen molar-refractivity contribution >= 4 is 17.9 Å². The van der Waals surface area contributed by atoms with Gasteiger partial charge in [-0.2, -0.15) is 0 Å². The van der Waals surface area contributed by atoms with E-state index in [9.17, 15) is 4.79 Å². The zero-order valence-electron chi connectivity index (χ0n) is 8.97. The van der Waals surface area contributed by atoms with Gasteiger partial charge in [0.15, 0.2) is 0 Å². The molecule has 4 nitrogen and oxygen atoms in total. The average Bonchev–Trinajstić information content (AvgIpc) is 2.80. The van der Waals surface area contributed by atoms with Crippen LogP contribution in [0.2, 0.25) is 0 Å². The van der Waals surface area contributed by atoms with Crippen molar-refractivity contribution < 1.29 is 9.90 Å². The van der Waals surface area contributed by atoms with Gasteiger partial charge in [0.05, 0.1) is 0 Å². The monoisotopic (exact) mass is 218 g/mol. The van der Waals surface area contributed by atoms with Crippen LogP contribution in [0.5, 0.6) is 0 Å². The minimum absolute atomic E-state index is 0.811. The van der Waals surface area contributed by atoms with Gasteiger partial charge in [-0.3, -0.25) is 0 Å². The minimum Gasteiger partial charge on any atom is -0.478 e. The topological polar surface area (TPSA) is 53.4 Å². The molecule has 1 aliphatic rings. The summed E-state index contributed by atoms with van der Waals surface area (Å²) in [6, 6.07) is 3.83. The molecule has 0 spiro atoms. The Morgan fingerprint density at radius 3 is 2.69 bits per heavy atom. The molecule has 1 saturated heterocycles. The summed E-state index contributed by atoms with van der Waals surface area (Å²) >= 11 is 0. The Kier molecular flexibility index (Phi) is 3.19. The number of aliphatic carboxylic acids is 1. The van der Waals surface area contributed by atoms with Gasteiger partial charge in [-0.15, -0.1) is 0 Å². The van der Waals surface area contributed by atoms with E-state index in [0.29, 0.717) is 0 Å². The van der Waals surface area contributed by atoms with Gasteiger partial charge < -0.3 is 10.0 Å². The molecule has 1 aliphatic heterocycles. The molecule has 1 N–H and O–H groups in total. The maximum atomic E-state index is 10.3. The number of carbonyl (C=O) groups is 1. The zero-order chi connectivity index (χ0) is 11.4. The highest BCUT2D eigenvalue weighted by atomic mass is 16.4. The Hall–Kier alpha value is -1.84. The number of pyridine rings is 1. The van der Waals surface area contributed by atoms with Crippen molar-refractivity contribution in [3.05, 3.63) is 30.0 Å². The van der Waals surface area contributed by atoms with Crippen LogP contribution < -0.4 is 4.90 Å². The summed E-state index contributed by atoms with van der Waals surface area (Å²) in [4.78, 5) is 16.9. The first-order chi connectivity index (χ1) is 7.75. The zero-order valence-corrected chi connectivity index (χ0v) is 8.97. The molecule has 0 bridgehead atoms. The molecule has 2 rings (SSSR count). The first-order valence-electron chi connectivity index (χ1n) is 5.38. The predicted octanol–water partition coefficient (Wildman–Crippen LogP) is 1.78. The van der Waals surface area contributed by atoms with Gasteiger partial charge in [-0.25, -0.2) is 9.78 Å². The van der Waals surface area contributed by atoms with Crippen molar-refractivity contribution in [1.82, 2.24) is 4.98 Å². The molecule has 1 aromatic heterocycles. The SMILES string of the molecule is O=C(O)C=Cc1ccc(N2CCCC2)nc1. The average molecular weight is 218 g/mol. The number of hydrogen-bond acceptors (Lipinski definition) is 3. The van der Waals surface area contributed by atoms with Crippen molar-refractivity contribution in [1.29, 1.82) is 0 Å². The van der Waals surface area contributed by atoms with Gasteiger partial charge in [0.2, 0.25) is 0 Å². The summed E-state index contributed by atoms with van der Waals surface area (Å²) in [5.74, 6) is 0.0357. The highest BCUT2D eigenvalue weighted by Crippen LogP contribution is 2.17. The number of hydrogen-bond donors (Lipinski definition) is 1. The van der Waals surface area contributed by atoms with Crippen LogP contribution in [0, 0.1) is 0 Å². The first-order valence-corrected chi connectivity index (χ1v) is 5.38. The van der Waals surface area contributed by atoms with Gasteiger partial charge in [0, 0.05) is 25.4 Å². The molecule has 0 saturated carbocycles. The molecule has 2 heterocycles. The summed E-state index contributed by atoms with van der Waals surface area (Å²) in [6.45, 7) is 2.13. The minimum atomic E-state index is -0.941. The summed E-state index contributed by atoms with van der Waals surface area (Å²) in [5.41, 5.74) is 0.811. The third-order valence-electron chi connectivity index (χ3n) is 2.62. The molecule has 0 radical (unpaired) electrons. The van der Waals surface area contributed by atoms with Crippen molar-refractivity contribution in [3.63, 3.8) is 0 Å². The van der Waals surface area contributed by atoms with E-state index in [1.807, 2.05) is 12.1 Å². The Labute approximate surface area is 94.2 Å². The van der Waals surface area contributed by atoms with Crippen LogP contribution in [0.3, 0.4) is 0 Å². The van der Waals surface area contributed by atoms with E-state index < -0.39 is 5.97 Å². The lowest BCUT2D eigenvalue weighted by Crippen LogP contribution is -2.18. The van der Waals surface area contributed by atoms with Gasteiger partial charge in [0.25, 0.3) is 0 Å². The second-order valence-electron chi connectivity index (χ2n) is 3.82. The normalized spacial score (nSPS) is 15.9. The maximum absolute atomic E-state index is 10.3. The van der Waals surface area contributed by atoms with Crippen LogP contribution >= 0.6 is 0 Å². The highest BCUT2D eigenvalue weighted by Gasteiger charge is 2.12. The van der Waals surface area contributed by atoms with Crippen LogP contribution in [-0.2, 0) is 4.79 Å². The molecule has 0 unspecified atom stereocenters. The van der Waals surface area contributed by atoms with Crippen molar-refractivity contribution in [3.8, 4) is 0 Å². The number of rotatable bonds is 3. The lowest BCUT2D eigenvalue weighted by molar-refractivity contribution is -0.131. The molecule has 0 amide bonds. The number of carboxylic acid groups (broad SMARTS) is 1. The molecule has 4 heteroatoms. The Morgan fingerprint density at radius 2 is 2.12 bits per heavy atom. The van der Waals surface area contributed by atoms with E-state index in [4.69, 9.17) is 5.11 Å². The largest absolute Gasteiger partial charge is 0.478 e. The van der Waals surface area contributed by atoms with E-state index in [1.165, 1.54) is 12.8 Å². The molecule has 0 aliphatic carbocycles. The molecule has 0 atom stereocenters. The van der Waals surface area contributed by atoms with Crippen molar-refractivity contribution in [2.75, 3.05) is 18.0 Å². The first kappa shape index (κ1) is 10.7. The number of aromatic nitrogens is 1. The Balaban J connectivity index is 2.06. The maximum Gasteiger partial charge on any atom is 0.328 e. The molecule has 0 aromatic carbocycles. The lowest BCUT2D eigenvalue weighted by Gasteiger charge is -2.15. The van der Waals surface area contributed by atoms with Gasteiger partial charge >= 0.3 is 5.97 Å². The van der Waals surface area contributed by atoms with E-state index in [2.05, 4.69) is 9.88 Å². The quantitative estimate of drug-likeness (QED) is 0.786. The van der Waals surface area contributed by atoms with Crippen molar-refractivity contribution in [2.24, 2.45) is 0 Å². The molecule has 1 fully saturated rings. The van der Waals surface area contributed by atoms with Gasteiger partial charge in [-0.05, 0) is 36.6 Å². The summed E-state index contributed by atoms with van der Waals surface area (Å²) in [7, 11) is 0. The van der Waals surface area contributed by atoms with E-state index in [0.717, 1.165) is 30.5 Å². The third kappa shape index (κ3) is 2.59. The summed E-state index contributed by atoms with van der Waals surface area (Å²) in [5, 5.41) is 8.49. The standard InChI is InChI=1S/C12H14N2O2/c15-12(16)6-4-10-3-5-11(13-9-10)14-7-1-2-8-14/h3-6,9H,1-2,7-8H2,(H,15,16). The Morgan fingerprint density at radius 1 is 1.38 bits per heavy atom. The van der Waals surface area contributed by atoms with E-state index in [-0.39, 0.29) is 0 Å². The third-order valence-corrected chi connectivity index (χ3v) is 2.62. The fraction of sp³-hybridized carbons (Fsp3) is 0.333. The van der Waals surface area contributed by atoms with Crippen LogP contribution in [0.4, 0.5) is 5.82 Å². The molecular weight excluding hydrogens is 204 g/mol. The van der Waals surface area contributed by atoms with Crippen LogP contribution in [0.25, 0.3) is 6.08 Å². The van der Waals surface area contributed by atoms with Gasteiger partial charge in [-0.1, -0.05) is 0 Å². The molecule has 16 heavy (non-hydrogen) atoms. The fourth-order valence-electron chi connectivity index (χ4n) is 1.80. The van der Waals surface area contributed by atoms with E-state index >= 15 is 0 Å². The molecule has 84 valence electrons. The van der Waals surface area contributed by atoms with Crippen molar-refractivity contribution in [2.45, 2.75) is 12.8 Å². The summed E-state index contributed by atoms with van der Waals surface area (Å²) in [6.07, 6.45) is 6.81. The predicted molar refractivity (Wildman–Crippen MR) is 62.4 cm³/mol. The van der Waals surface area contributed by atoms with Crippen LogP contribution in [0.1, 0.15) is 18.4 Å². The van der Waals surface area contributed by atoms with Crippen LogP contribution in [-0.4, -0.2) is 29.1 Å². The smallest absolute Gasteiger partial charge is 0.328 e. The van der Waals surface area contributed by atoms with E-state index in [1.54, 1.807) is 12.3 Å². The number of nitrogens with zero attached hydrogens (tertiary/aromatic N) is 2. The molecular formula is C12H14N2O2.